The first kappa shape index (κ1) is 18.9. The van der Waals surface area contributed by atoms with Crippen LogP contribution < -0.4 is 5.32 Å². The summed E-state index contributed by atoms with van der Waals surface area (Å²) < 4.78 is 0. The van der Waals surface area contributed by atoms with Gasteiger partial charge in [-0.1, -0.05) is 35.3 Å². The van der Waals surface area contributed by atoms with Crippen LogP contribution in [0.2, 0.25) is 10.0 Å². The molecule has 3 rings (SSSR count). The van der Waals surface area contributed by atoms with Crippen LogP contribution in [0.15, 0.2) is 60.7 Å². The summed E-state index contributed by atoms with van der Waals surface area (Å²) in [4.78, 5) is 23.3. The van der Waals surface area contributed by atoms with Gasteiger partial charge in [0.15, 0.2) is 5.78 Å². The molecule has 0 aliphatic heterocycles. The SMILES string of the molecule is Cc1ccc([N+](=O)[O-])cc1C(=O)c1ccc(Nc2cccc(Cl)c2)cc1Cl. The molecule has 136 valence electrons. The van der Waals surface area contributed by atoms with Crippen LogP contribution in [0.5, 0.6) is 0 Å². The number of aryl methyl sites for hydroxylation is 1. The van der Waals surface area contributed by atoms with Crippen LogP contribution in [-0.2, 0) is 0 Å². The van der Waals surface area contributed by atoms with Crippen molar-refractivity contribution in [2.24, 2.45) is 0 Å². The van der Waals surface area contributed by atoms with Gasteiger partial charge in [-0.2, -0.15) is 0 Å². The lowest BCUT2D eigenvalue weighted by atomic mass is 9.98. The quantitative estimate of drug-likeness (QED) is 0.315. The molecule has 3 aromatic carbocycles. The zero-order chi connectivity index (χ0) is 19.6. The number of hydrogen-bond acceptors (Lipinski definition) is 4. The van der Waals surface area contributed by atoms with E-state index >= 15 is 0 Å². The predicted molar refractivity (Wildman–Crippen MR) is 107 cm³/mol. The maximum Gasteiger partial charge on any atom is 0.270 e. The lowest BCUT2D eigenvalue weighted by Crippen LogP contribution is -2.06. The summed E-state index contributed by atoms with van der Waals surface area (Å²) in [6, 6.07) is 16.3. The average Bonchev–Trinajstić information content (AvgIpc) is 2.61. The van der Waals surface area contributed by atoms with Gasteiger partial charge >= 0.3 is 0 Å². The Morgan fingerprint density at radius 3 is 2.37 bits per heavy atom. The van der Waals surface area contributed by atoms with Gasteiger partial charge in [-0.05, 0) is 48.9 Å². The Morgan fingerprint density at radius 2 is 1.70 bits per heavy atom. The highest BCUT2D eigenvalue weighted by atomic mass is 35.5. The number of nitrogens with zero attached hydrogens (tertiary/aromatic N) is 1. The molecular weight excluding hydrogens is 387 g/mol. The zero-order valence-electron chi connectivity index (χ0n) is 14.2. The minimum absolute atomic E-state index is 0.140. The summed E-state index contributed by atoms with van der Waals surface area (Å²) in [5.41, 5.74) is 2.50. The monoisotopic (exact) mass is 400 g/mol. The second-order valence-corrected chi connectivity index (χ2v) is 6.76. The number of anilines is 2. The smallest absolute Gasteiger partial charge is 0.270 e. The molecule has 0 unspecified atom stereocenters. The minimum Gasteiger partial charge on any atom is -0.355 e. The molecule has 0 aliphatic rings. The zero-order valence-corrected chi connectivity index (χ0v) is 15.7. The Labute approximate surface area is 165 Å². The van der Waals surface area contributed by atoms with Crippen molar-refractivity contribution < 1.29 is 9.72 Å². The van der Waals surface area contributed by atoms with Crippen LogP contribution in [0.25, 0.3) is 0 Å². The largest absolute Gasteiger partial charge is 0.355 e. The van der Waals surface area contributed by atoms with E-state index in [1.54, 1.807) is 43.3 Å². The summed E-state index contributed by atoms with van der Waals surface area (Å²) in [6.45, 7) is 1.72. The van der Waals surface area contributed by atoms with E-state index in [2.05, 4.69) is 5.32 Å². The predicted octanol–water partition coefficient (Wildman–Crippen LogP) is 6.18. The second kappa shape index (κ2) is 7.78. The summed E-state index contributed by atoms with van der Waals surface area (Å²) in [7, 11) is 0. The molecule has 7 heteroatoms. The molecular formula is C20H14Cl2N2O3. The summed E-state index contributed by atoms with van der Waals surface area (Å²) in [5.74, 6) is -0.365. The van der Waals surface area contributed by atoms with Crippen molar-refractivity contribution in [2.45, 2.75) is 6.92 Å². The highest BCUT2D eigenvalue weighted by Crippen LogP contribution is 2.28. The first-order valence-electron chi connectivity index (χ1n) is 7.97. The first-order valence-corrected chi connectivity index (χ1v) is 8.72. The maximum atomic E-state index is 12.8. The number of rotatable bonds is 5. The summed E-state index contributed by atoms with van der Waals surface area (Å²) >= 11 is 12.3. The van der Waals surface area contributed by atoms with Crippen molar-refractivity contribution in [1.82, 2.24) is 0 Å². The molecule has 0 amide bonds. The third-order valence-corrected chi connectivity index (χ3v) is 4.55. The number of benzene rings is 3. The molecule has 0 bridgehead atoms. The third kappa shape index (κ3) is 4.27. The van der Waals surface area contributed by atoms with Crippen molar-refractivity contribution in [2.75, 3.05) is 5.32 Å². The molecule has 0 saturated heterocycles. The van der Waals surface area contributed by atoms with Gasteiger partial charge in [0, 0.05) is 39.7 Å². The number of hydrogen-bond donors (Lipinski definition) is 1. The molecule has 0 radical (unpaired) electrons. The molecule has 1 N–H and O–H groups in total. The lowest BCUT2D eigenvalue weighted by Gasteiger charge is -2.10. The Kier molecular flexibility index (Phi) is 5.44. The fourth-order valence-electron chi connectivity index (χ4n) is 2.62. The van der Waals surface area contributed by atoms with Crippen LogP contribution in [0, 0.1) is 17.0 Å². The summed E-state index contributed by atoms with van der Waals surface area (Å²) in [6.07, 6.45) is 0. The van der Waals surface area contributed by atoms with Crippen LogP contribution in [0.4, 0.5) is 17.1 Å². The number of non-ortho nitro benzene ring substituents is 1. The number of halogens is 2. The van der Waals surface area contributed by atoms with Gasteiger partial charge in [-0.3, -0.25) is 14.9 Å². The van der Waals surface area contributed by atoms with E-state index in [4.69, 9.17) is 23.2 Å². The Balaban J connectivity index is 1.91. The van der Waals surface area contributed by atoms with Gasteiger partial charge in [-0.25, -0.2) is 0 Å². The van der Waals surface area contributed by atoms with Gasteiger partial charge in [0.05, 0.1) is 9.95 Å². The van der Waals surface area contributed by atoms with E-state index < -0.39 is 4.92 Å². The van der Waals surface area contributed by atoms with Crippen LogP contribution in [0.1, 0.15) is 21.5 Å². The number of ketones is 1. The highest BCUT2D eigenvalue weighted by molar-refractivity contribution is 6.35. The maximum absolute atomic E-state index is 12.8. The van der Waals surface area contributed by atoms with E-state index in [1.807, 2.05) is 12.1 Å². The molecule has 0 spiro atoms. The van der Waals surface area contributed by atoms with Crippen LogP contribution in [-0.4, -0.2) is 10.7 Å². The molecule has 0 fully saturated rings. The lowest BCUT2D eigenvalue weighted by molar-refractivity contribution is -0.384. The first-order chi connectivity index (χ1) is 12.8. The van der Waals surface area contributed by atoms with E-state index in [0.29, 0.717) is 16.3 Å². The average molecular weight is 401 g/mol. The van der Waals surface area contributed by atoms with E-state index in [-0.39, 0.29) is 27.6 Å². The number of nitrogens with one attached hydrogen (secondary N) is 1. The van der Waals surface area contributed by atoms with Gasteiger partial charge < -0.3 is 5.32 Å². The van der Waals surface area contributed by atoms with Crippen molar-refractivity contribution in [3.05, 3.63) is 97.5 Å². The van der Waals surface area contributed by atoms with Crippen molar-refractivity contribution in [3.63, 3.8) is 0 Å². The van der Waals surface area contributed by atoms with Gasteiger partial charge in [0.25, 0.3) is 5.69 Å². The fraction of sp³-hybridized carbons (Fsp3) is 0.0500. The molecule has 0 saturated carbocycles. The Hall–Kier alpha value is -2.89. The normalized spacial score (nSPS) is 10.5. The molecule has 3 aromatic rings. The molecule has 0 heterocycles. The topological polar surface area (TPSA) is 72.2 Å². The van der Waals surface area contributed by atoms with Gasteiger partial charge in [0.2, 0.25) is 0 Å². The van der Waals surface area contributed by atoms with Crippen molar-refractivity contribution in [3.8, 4) is 0 Å². The van der Waals surface area contributed by atoms with E-state index in [0.717, 1.165) is 5.69 Å². The van der Waals surface area contributed by atoms with Crippen molar-refractivity contribution >= 4 is 46.0 Å². The standard InChI is InChI=1S/C20H14Cl2N2O3/c1-12-5-7-16(24(26)27)11-18(12)20(25)17-8-6-15(10-19(17)22)23-14-4-2-3-13(21)9-14/h2-11,23H,1H3. The molecule has 0 aliphatic carbocycles. The molecule has 0 atom stereocenters. The van der Waals surface area contributed by atoms with E-state index in [9.17, 15) is 14.9 Å². The van der Waals surface area contributed by atoms with E-state index in [1.165, 1.54) is 12.1 Å². The molecule has 5 nitrogen and oxygen atoms in total. The van der Waals surface area contributed by atoms with Gasteiger partial charge in [0.1, 0.15) is 0 Å². The van der Waals surface area contributed by atoms with Crippen LogP contribution >= 0.6 is 23.2 Å². The number of nitro groups is 1. The number of carbonyl (C=O) groups is 1. The minimum atomic E-state index is -0.532. The highest BCUT2D eigenvalue weighted by Gasteiger charge is 2.18. The third-order valence-electron chi connectivity index (χ3n) is 4.00. The fourth-order valence-corrected chi connectivity index (χ4v) is 3.08. The number of carbonyl (C=O) groups excluding carboxylic acids is 1. The molecule has 27 heavy (non-hydrogen) atoms. The molecule has 0 aromatic heterocycles. The number of nitro benzene ring substituents is 1. The van der Waals surface area contributed by atoms with Crippen LogP contribution in [0.3, 0.4) is 0 Å². The Morgan fingerprint density at radius 1 is 0.963 bits per heavy atom. The van der Waals surface area contributed by atoms with Gasteiger partial charge in [-0.15, -0.1) is 0 Å². The summed E-state index contributed by atoms with van der Waals surface area (Å²) in [5, 5.41) is 15.0. The van der Waals surface area contributed by atoms with Crippen molar-refractivity contribution in [1.29, 1.82) is 0 Å². The Bertz CT molecular complexity index is 1050. The second-order valence-electron chi connectivity index (χ2n) is 5.92.